The van der Waals surface area contributed by atoms with Crippen molar-refractivity contribution in [3.05, 3.63) is 24.0 Å². The molecule has 80 valence electrons. The molecule has 0 aliphatic rings. The first-order chi connectivity index (χ1) is 7.29. The van der Waals surface area contributed by atoms with Crippen LogP contribution in [0.1, 0.15) is 11.7 Å². The Morgan fingerprint density at radius 3 is 2.93 bits per heavy atom. The second-order valence-corrected chi connectivity index (χ2v) is 3.30. The smallest absolute Gasteiger partial charge is 0.250 e. The number of furan rings is 1. The largest absolute Gasteiger partial charge is 0.469 e. The fourth-order valence-electron chi connectivity index (χ4n) is 1.26. The highest BCUT2D eigenvalue weighted by molar-refractivity contribution is 5.50. The van der Waals surface area contributed by atoms with Gasteiger partial charge in [0.05, 0.1) is 5.56 Å². The van der Waals surface area contributed by atoms with E-state index in [1.54, 1.807) is 6.26 Å². The lowest BCUT2D eigenvalue weighted by Crippen LogP contribution is -2.10. The van der Waals surface area contributed by atoms with Crippen molar-refractivity contribution in [1.29, 1.82) is 0 Å². The topological polar surface area (TPSA) is 64.1 Å². The van der Waals surface area contributed by atoms with Crippen LogP contribution in [0.3, 0.4) is 0 Å². The van der Waals surface area contributed by atoms with Crippen molar-refractivity contribution in [3.8, 4) is 11.5 Å². The van der Waals surface area contributed by atoms with Gasteiger partial charge in [-0.05, 0) is 20.0 Å². The molecular formula is C10H13N3O2. The van der Waals surface area contributed by atoms with Crippen molar-refractivity contribution in [3.63, 3.8) is 0 Å². The molecule has 2 heterocycles. The Morgan fingerprint density at radius 2 is 2.27 bits per heavy atom. The molecule has 0 saturated carbocycles. The van der Waals surface area contributed by atoms with Crippen molar-refractivity contribution < 1.29 is 8.83 Å². The third-order valence-corrected chi connectivity index (χ3v) is 2.03. The molecular weight excluding hydrogens is 194 g/mol. The molecule has 5 nitrogen and oxygen atoms in total. The van der Waals surface area contributed by atoms with E-state index in [0.717, 1.165) is 24.3 Å². The first kappa shape index (κ1) is 9.92. The van der Waals surface area contributed by atoms with Crippen LogP contribution >= 0.6 is 0 Å². The molecule has 0 unspecified atom stereocenters. The SMILES string of the molecule is CNCCc1nnc(-c2coc(C)c2)o1. The molecule has 15 heavy (non-hydrogen) atoms. The maximum atomic E-state index is 5.46. The third kappa shape index (κ3) is 2.24. The van der Waals surface area contributed by atoms with E-state index in [0.29, 0.717) is 11.8 Å². The molecule has 0 fully saturated rings. The number of nitrogens with zero attached hydrogens (tertiary/aromatic N) is 2. The van der Waals surface area contributed by atoms with E-state index in [2.05, 4.69) is 15.5 Å². The van der Waals surface area contributed by atoms with Gasteiger partial charge in [-0.15, -0.1) is 10.2 Å². The summed E-state index contributed by atoms with van der Waals surface area (Å²) in [6, 6.07) is 1.87. The first-order valence-electron chi connectivity index (χ1n) is 4.82. The van der Waals surface area contributed by atoms with Gasteiger partial charge in [-0.3, -0.25) is 0 Å². The van der Waals surface area contributed by atoms with Crippen molar-refractivity contribution in [2.75, 3.05) is 13.6 Å². The van der Waals surface area contributed by atoms with Gasteiger partial charge in [-0.2, -0.15) is 0 Å². The quantitative estimate of drug-likeness (QED) is 0.821. The van der Waals surface area contributed by atoms with Crippen LogP contribution in [0.5, 0.6) is 0 Å². The monoisotopic (exact) mass is 207 g/mol. The van der Waals surface area contributed by atoms with Crippen LogP contribution in [0, 0.1) is 6.92 Å². The second-order valence-electron chi connectivity index (χ2n) is 3.30. The Bertz CT molecular complexity index is 433. The van der Waals surface area contributed by atoms with Gasteiger partial charge in [0.1, 0.15) is 12.0 Å². The minimum atomic E-state index is 0.512. The number of aromatic nitrogens is 2. The molecule has 5 heteroatoms. The van der Waals surface area contributed by atoms with Crippen molar-refractivity contribution in [2.45, 2.75) is 13.3 Å². The van der Waals surface area contributed by atoms with E-state index in [1.807, 2.05) is 20.0 Å². The molecule has 0 aliphatic heterocycles. The summed E-state index contributed by atoms with van der Waals surface area (Å²) in [5, 5.41) is 10.9. The number of likely N-dealkylation sites (N-methyl/N-ethyl adjacent to an activating group) is 1. The minimum absolute atomic E-state index is 0.512. The van der Waals surface area contributed by atoms with Crippen LogP contribution in [-0.4, -0.2) is 23.8 Å². The van der Waals surface area contributed by atoms with E-state index in [4.69, 9.17) is 8.83 Å². The zero-order valence-corrected chi connectivity index (χ0v) is 8.78. The van der Waals surface area contributed by atoms with Crippen molar-refractivity contribution in [1.82, 2.24) is 15.5 Å². The molecule has 2 rings (SSSR count). The summed E-state index contributed by atoms with van der Waals surface area (Å²) in [7, 11) is 1.89. The highest BCUT2D eigenvalue weighted by atomic mass is 16.4. The minimum Gasteiger partial charge on any atom is -0.469 e. The number of nitrogens with one attached hydrogen (secondary N) is 1. The van der Waals surface area contributed by atoms with E-state index in [1.165, 1.54) is 0 Å². The fourth-order valence-corrected chi connectivity index (χ4v) is 1.26. The average molecular weight is 207 g/mol. The van der Waals surface area contributed by atoms with Gasteiger partial charge in [0.25, 0.3) is 5.89 Å². The molecule has 2 aromatic heterocycles. The van der Waals surface area contributed by atoms with E-state index in [-0.39, 0.29) is 0 Å². The van der Waals surface area contributed by atoms with Crippen LogP contribution in [0.4, 0.5) is 0 Å². The van der Waals surface area contributed by atoms with E-state index < -0.39 is 0 Å². The lowest BCUT2D eigenvalue weighted by atomic mass is 10.3. The summed E-state index contributed by atoms with van der Waals surface area (Å²) in [5.74, 6) is 1.98. The second kappa shape index (κ2) is 4.27. The highest BCUT2D eigenvalue weighted by Gasteiger charge is 2.09. The molecule has 0 aromatic carbocycles. The van der Waals surface area contributed by atoms with Crippen LogP contribution in [0.15, 0.2) is 21.2 Å². The van der Waals surface area contributed by atoms with Gasteiger partial charge < -0.3 is 14.2 Å². The predicted molar refractivity (Wildman–Crippen MR) is 54.4 cm³/mol. The van der Waals surface area contributed by atoms with Crippen LogP contribution in [0.25, 0.3) is 11.5 Å². The fraction of sp³-hybridized carbons (Fsp3) is 0.400. The van der Waals surface area contributed by atoms with Gasteiger partial charge in [-0.25, -0.2) is 0 Å². The summed E-state index contributed by atoms with van der Waals surface area (Å²) in [6.07, 6.45) is 2.35. The number of rotatable bonds is 4. The molecule has 0 spiro atoms. The maximum Gasteiger partial charge on any atom is 0.250 e. The predicted octanol–water partition coefficient (Wildman–Crippen LogP) is 1.40. The van der Waals surface area contributed by atoms with E-state index in [9.17, 15) is 0 Å². The Labute approximate surface area is 87.5 Å². The number of hydrogen-bond donors (Lipinski definition) is 1. The third-order valence-electron chi connectivity index (χ3n) is 2.03. The molecule has 0 saturated heterocycles. The maximum absolute atomic E-state index is 5.46. The summed E-state index contributed by atoms with van der Waals surface area (Å²) < 4.78 is 10.6. The standard InChI is InChI=1S/C10H13N3O2/c1-7-5-8(6-14-7)10-13-12-9(15-10)3-4-11-2/h5-6,11H,3-4H2,1-2H3. The average Bonchev–Trinajstić information content (AvgIpc) is 2.83. The van der Waals surface area contributed by atoms with Crippen LogP contribution in [0.2, 0.25) is 0 Å². The molecule has 0 aliphatic carbocycles. The normalized spacial score (nSPS) is 10.8. The summed E-state index contributed by atoms with van der Waals surface area (Å²) in [5.41, 5.74) is 0.829. The molecule has 1 N–H and O–H groups in total. The Balaban J connectivity index is 2.13. The lowest BCUT2D eigenvalue weighted by Gasteiger charge is -1.91. The molecule has 0 bridgehead atoms. The van der Waals surface area contributed by atoms with Crippen molar-refractivity contribution >= 4 is 0 Å². The highest BCUT2D eigenvalue weighted by Crippen LogP contribution is 2.20. The summed E-state index contributed by atoms with van der Waals surface area (Å²) in [4.78, 5) is 0. The number of aryl methyl sites for hydroxylation is 1. The van der Waals surface area contributed by atoms with Crippen molar-refractivity contribution in [2.24, 2.45) is 0 Å². The van der Waals surface area contributed by atoms with Gasteiger partial charge >= 0.3 is 0 Å². The van der Waals surface area contributed by atoms with E-state index >= 15 is 0 Å². The molecule has 0 radical (unpaired) electrons. The van der Waals surface area contributed by atoms with Gasteiger partial charge in [0.15, 0.2) is 0 Å². The first-order valence-corrected chi connectivity index (χ1v) is 4.82. The summed E-state index contributed by atoms with van der Waals surface area (Å²) in [6.45, 7) is 2.70. The molecule has 0 amide bonds. The Morgan fingerprint density at radius 1 is 1.40 bits per heavy atom. The zero-order valence-electron chi connectivity index (χ0n) is 8.78. The van der Waals surface area contributed by atoms with Gasteiger partial charge in [0.2, 0.25) is 5.89 Å². The molecule has 0 atom stereocenters. The van der Waals surface area contributed by atoms with Crippen LogP contribution in [-0.2, 0) is 6.42 Å². The summed E-state index contributed by atoms with van der Waals surface area (Å²) >= 11 is 0. The number of hydrogen-bond acceptors (Lipinski definition) is 5. The Kier molecular flexibility index (Phi) is 2.82. The van der Waals surface area contributed by atoms with Crippen LogP contribution < -0.4 is 5.32 Å². The molecule has 2 aromatic rings. The van der Waals surface area contributed by atoms with Gasteiger partial charge in [0, 0.05) is 13.0 Å². The van der Waals surface area contributed by atoms with Gasteiger partial charge in [-0.1, -0.05) is 0 Å². The zero-order chi connectivity index (χ0) is 10.7. The lowest BCUT2D eigenvalue weighted by molar-refractivity contribution is 0.497. The Hall–Kier alpha value is -1.62.